The summed E-state index contributed by atoms with van der Waals surface area (Å²) in [6.07, 6.45) is 2.29. The number of aromatic nitrogens is 1. The molecule has 0 aliphatic heterocycles. The number of para-hydroxylation sites is 1. The summed E-state index contributed by atoms with van der Waals surface area (Å²) >= 11 is 0. The van der Waals surface area contributed by atoms with Crippen LogP contribution in [-0.2, 0) is 18.4 Å². The van der Waals surface area contributed by atoms with E-state index < -0.39 is 5.97 Å². The van der Waals surface area contributed by atoms with Crippen LogP contribution >= 0.6 is 0 Å². The highest BCUT2D eigenvalue weighted by Gasteiger charge is 2.09. The fourth-order valence-electron chi connectivity index (χ4n) is 2.21. The van der Waals surface area contributed by atoms with Crippen LogP contribution in [0.5, 0.6) is 0 Å². The van der Waals surface area contributed by atoms with E-state index in [0.717, 1.165) is 6.54 Å². The number of carboxylic acid groups (broad SMARTS) is 1. The van der Waals surface area contributed by atoms with Gasteiger partial charge in [-0.3, -0.25) is 4.79 Å². The first-order valence-electron chi connectivity index (χ1n) is 6.01. The Bertz CT molecular complexity index is 560. The van der Waals surface area contributed by atoms with E-state index in [4.69, 9.17) is 5.11 Å². The summed E-state index contributed by atoms with van der Waals surface area (Å²) in [4.78, 5) is 12.6. The highest BCUT2D eigenvalue weighted by molar-refractivity contribution is 5.83. The third-order valence-electron chi connectivity index (χ3n) is 3.13. The zero-order chi connectivity index (χ0) is 13.1. The molecule has 2 rings (SSSR count). The van der Waals surface area contributed by atoms with Crippen LogP contribution in [0, 0.1) is 0 Å². The standard InChI is InChI=1S/C14H18N2O2/c1-15(8-7-14(17)18)9-11-10-16(2)13-6-4-3-5-12(11)13/h3-6,10H,7-9H2,1-2H3,(H,17,18). The number of hydrogen-bond acceptors (Lipinski definition) is 2. The van der Waals surface area contributed by atoms with Crippen molar-refractivity contribution in [3.63, 3.8) is 0 Å². The maximum absolute atomic E-state index is 10.5. The SMILES string of the molecule is CN(CCC(=O)O)Cc1cn(C)c2ccccc12. The van der Waals surface area contributed by atoms with Gasteiger partial charge in [0.05, 0.1) is 6.42 Å². The molecule has 2 aromatic rings. The predicted molar refractivity (Wildman–Crippen MR) is 71.5 cm³/mol. The molecule has 0 bridgehead atoms. The fourth-order valence-corrected chi connectivity index (χ4v) is 2.21. The van der Waals surface area contributed by atoms with Crippen molar-refractivity contribution in [2.45, 2.75) is 13.0 Å². The molecular formula is C14H18N2O2. The van der Waals surface area contributed by atoms with Crippen LogP contribution in [0.15, 0.2) is 30.5 Å². The summed E-state index contributed by atoms with van der Waals surface area (Å²) in [5.74, 6) is -0.750. The summed E-state index contributed by atoms with van der Waals surface area (Å²) < 4.78 is 2.11. The van der Waals surface area contributed by atoms with Crippen LogP contribution in [0.4, 0.5) is 0 Å². The molecule has 1 aromatic heterocycles. The Morgan fingerprint density at radius 3 is 2.83 bits per heavy atom. The number of fused-ring (bicyclic) bond motifs is 1. The molecule has 0 fully saturated rings. The van der Waals surface area contributed by atoms with Gasteiger partial charge in [0.15, 0.2) is 0 Å². The van der Waals surface area contributed by atoms with Crippen LogP contribution in [-0.4, -0.2) is 34.1 Å². The normalized spacial score (nSPS) is 11.3. The second-order valence-corrected chi connectivity index (χ2v) is 4.66. The molecule has 0 spiro atoms. The third-order valence-corrected chi connectivity index (χ3v) is 3.13. The zero-order valence-corrected chi connectivity index (χ0v) is 10.8. The predicted octanol–water partition coefficient (Wildman–Crippen LogP) is 2.08. The molecular weight excluding hydrogens is 228 g/mol. The highest BCUT2D eigenvalue weighted by atomic mass is 16.4. The molecule has 0 saturated heterocycles. The van der Waals surface area contributed by atoms with Crippen molar-refractivity contribution in [1.29, 1.82) is 0 Å². The second-order valence-electron chi connectivity index (χ2n) is 4.66. The minimum absolute atomic E-state index is 0.182. The lowest BCUT2D eigenvalue weighted by molar-refractivity contribution is -0.137. The van der Waals surface area contributed by atoms with Crippen LogP contribution in [0.1, 0.15) is 12.0 Å². The molecule has 18 heavy (non-hydrogen) atoms. The average molecular weight is 246 g/mol. The van der Waals surface area contributed by atoms with Gasteiger partial charge in [0, 0.05) is 37.2 Å². The quantitative estimate of drug-likeness (QED) is 0.878. The first-order chi connectivity index (χ1) is 8.58. The molecule has 1 N–H and O–H groups in total. The number of nitrogens with zero attached hydrogens (tertiary/aromatic N) is 2. The topological polar surface area (TPSA) is 45.5 Å². The van der Waals surface area contributed by atoms with E-state index in [1.807, 2.05) is 31.1 Å². The summed E-state index contributed by atoms with van der Waals surface area (Å²) in [6.45, 7) is 1.34. The van der Waals surface area contributed by atoms with Gasteiger partial charge in [-0.2, -0.15) is 0 Å². The Balaban J connectivity index is 2.14. The lowest BCUT2D eigenvalue weighted by Crippen LogP contribution is -2.21. The first kappa shape index (κ1) is 12.6. The number of carboxylic acids is 1. The van der Waals surface area contributed by atoms with Gasteiger partial charge >= 0.3 is 5.97 Å². The molecule has 0 radical (unpaired) electrons. The smallest absolute Gasteiger partial charge is 0.304 e. The molecule has 4 nitrogen and oxygen atoms in total. The van der Waals surface area contributed by atoms with E-state index in [0.29, 0.717) is 6.54 Å². The minimum Gasteiger partial charge on any atom is -0.481 e. The van der Waals surface area contributed by atoms with Gasteiger partial charge in [-0.05, 0) is 18.7 Å². The van der Waals surface area contributed by atoms with Crippen molar-refractivity contribution in [2.75, 3.05) is 13.6 Å². The van der Waals surface area contributed by atoms with E-state index in [1.165, 1.54) is 16.5 Å². The number of hydrogen-bond donors (Lipinski definition) is 1. The molecule has 0 aliphatic rings. The van der Waals surface area contributed by atoms with E-state index in [2.05, 4.69) is 22.9 Å². The summed E-state index contributed by atoms with van der Waals surface area (Å²) in [7, 11) is 3.98. The molecule has 0 saturated carbocycles. The van der Waals surface area contributed by atoms with Crippen LogP contribution in [0.25, 0.3) is 10.9 Å². The molecule has 0 unspecified atom stereocenters. The maximum atomic E-state index is 10.5. The monoisotopic (exact) mass is 246 g/mol. The molecule has 4 heteroatoms. The molecule has 1 heterocycles. The molecule has 0 atom stereocenters. The molecule has 96 valence electrons. The van der Waals surface area contributed by atoms with E-state index in [-0.39, 0.29) is 6.42 Å². The number of carbonyl (C=O) groups is 1. The summed E-state index contributed by atoms with van der Waals surface area (Å²) in [5.41, 5.74) is 2.44. The summed E-state index contributed by atoms with van der Waals surface area (Å²) in [6, 6.07) is 8.26. The Morgan fingerprint density at radius 1 is 1.39 bits per heavy atom. The lowest BCUT2D eigenvalue weighted by atomic mass is 10.1. The molecule has 0 aliphatic carbocycles. The number of rotatable bonds is 5. The lowest BCUT2D eigenvalue weighted by Gasteiger charge is -2.14. The van der Waals surface area contributed by atoms with Gasteiger partial charge in [-0.1, -0.05) is 18.2 Å². The summed E-state index contributed by atoms with van der Waals surface area (Å²) in [5, 5.41) is 9.91. The average Bonchev–Trinajstić information content (AvgIpc) is 2.65. The van der Waals surface area contributed by atoms with E-state index in [1.54, 1.807) is 0 Å². The van der Waals surface area contributed by atoms with Gasteiger partial charge in [0.2, 0.25) is 0 Å². The number of aliphatic carboxylic acids is 1. The molecule has 1 aromatic carbocycles. The van der Waals surface area contributed by atoms with E-state index in [9.17, 15) is 4.79 Å². The van der Waals surface area contributed by atoms with E-state index >= 15 is 0 Å². The van der Waals surface area contributed by atoms with Crippen molar-refractivity contribution in [3.05, 3.63) is 36.0 Å². The fraction of sp³-hybridized carbons (Fsp3) is 0.357. The van der Waals surface area contributed by atoms with Gasteiger partial charge in [0.1, 0.15) is 0 Å². The van der Waals surface area contributed by atoms with Crippen molar-refractivity contribution < 1.29 is 9.90 Å². The Kier molecular flexibility index (Phi) is 3.67. The minimum atomic E-state index is -0.750. The first-order valence-corrected chi connectivity index (χ1v) is 6.01. The van der Waals surface area contributed by atoms with Crippen LogP contribution in [0.3, 0.4) is 0 Å². The van der Waals surface area contributed by atoms with Gasteiger partial charge in [-0.25, -0.2) is 0 Å². The van der Waals surface area contributed by atoms with Gasteiger partial charge < -0.3 is 14.6 Å². The Labute approximate surface area is 106 Å². The van der Waals surface area contributed by atoms with Crippen molar-refractivity contribution in [3.8, 4) is 0 Å². The number of aryl methyl sites for hydroxylation is 1. The van der Waals surface area contributed by atoms with Crippen LogP contribution < -0.4 is 0 Å². The number of benzene rings is 1. The van der Waals surface area contributed by atoms with Crippen molar-refractivity contribution >= 4 is 16.9 Å². The highest BCUT2D eigenvalue weighted by Crippen LogP contribution is 2.21. The largest absolute Gasteiger partial charge is 0.481 e. The van der Waals surface area contributed by atoms with Crippen molar-refractivity contribution in [2.24, 2.45) is 7.05 Å². The maximum Gasteiger partial charge on any atom is 0.304 e. The molecule has 0 amide bonds. The van der Waals surface area contributed by atoms with Crippen molar-refractivity contribution in [1.82, 2.24) is 9.47 Å². The Morgan fingerprint density at radius 2 is 2.11 bits per heavy atom. The Hall–Kier alpha value is -1.81. The third kappa shape index (κ3) is 2.71. The second kappa shape index (κ2) is 5.23. The zero-order valence-electron chi connectivity index (χ0n) is 10.8. The van der Waals surface area contributed by atoms with Crippen LogP contribution in [0.2, 0.25) is 0 Å². The van der Waals surface area contributed by atoms with Gasteiger partial charge in [0.25, 0.3) is 0 Å². The van der Waals surface area contributed by atoms with Gasteiger partial charge in [-0.15, -0.1) is 0 Å².